The Morgan fingerprint density at radius 2 is 1.37 bits per heavy atom. The molecule has 2 aromatic carbocycles. The van der Waals surface area contributed by atoms with E-state index < -0.39 is 0 Å². The fraction of sp³-hybridized carbons (Fsp3) is 0.294. The number of phenols is 2. The van der Waals surface area contributed by atoms with Crippen molar-refractivity contribution in [2.45, 2.75) is 33.1 Å². The van der Waals surface area contributed by atoms with Gasteiger partial charge in [-0.3, -0.25) is 0 Å². The summed E-state index contributed by atoms with van der Waals surface area (Å²) in [6.45, 7) is 8.40. The Morgan fingerprint density at radius 3 is 1.74 bits per heavy atom. The molecule has 0 heterocycles. The molecule has 19 heavy (non-hydrogen) atoms. The average Bonchev–Trinajstić information content (AvgIpc) is 2.28. The molecule has 102 valence electrons. The van der Waals surface area contributed by atoms with Gasteiger partial charge in [-0.2, -0.15) is 0 Å². The maximum Gasteiger partial charge on any atom is 0.115 e. The lowest BCUT2D eigenvalue weighted by atomic mass is 9.87. The number of aromatic hydroxyl groups is 2. The van der Waals surface area contributed by atoms with Crippen molar-refractivity contribution in [3.63, 3.8) is 0 Å². The van der Waals surface area contributed by atoms with Gasteiger partial charge in [0, 0.05) is 0 Å². The molecule has 0 bridgehead atoms. The third kappa shape index (κ3) is 5.47. The first-order valence-corrected chi connectivity index (χ1v) is 6.34. The molecule has 2 nitrogen and oxygen atoms in total. The molecule has 0 radical (unpaired) electrons. The molecule has 0 fully saturated rings. The summed E-state index contributed by atoms with van der Waals surface area (Å²) in [7, 11) is 0. The summed E-state index contributed by atoms with van der Waals surface area (Å²) in [5.41, 5.74) is 2.51. The number of rotatable bonds is 0. The fourth-order valence-corrected chi connectivity index (χ4v) is 1.59. The van der Waals surface area contributed by atoms with Gasteiger partial charge < -0.3 is 10.2 Å². The zero-order valence-corrected chi connectivity index (χ0v) is 12.0. The predicted octanol–water partition coefficient (Wildman–Crippen LogP) is 4.39. The Bertz CT molecular complexity index is 490. The van der Waals surface area contributed by atoms with Crippen LogP contribution in [0.15, 0.2) is 48.5 Å². The Labute approximate surface area is 115 Å². The minimum Gasteiger partial charge on any atom is -0.508 e. The van der Waals surface area contributed by atoms with Crippen LogP contribution < -0.4 is 0 Å². The summed E-state index contributed by atoms with van der Waals surface area (Å²) in [6.07, 6.45) is 0. The lowest BCUT2D eigenvalue weighted by molar-refractivity contribution is 0.473. The minimum atomic E-state index is 0.174. The van der Waals surface area contributed by atoms with Crippen molar-refractivity contribution in [2.24, 2.45) is 0 Å². The average molecular weight is 258 g/mol. The molecular weight excluding hydrogens is 236 g/mol. The van der Waals surface area contributed by atoms with Gasteiger partial charge >= 0.3 is 0 Å². The highest BCUT2D eigenvalue weighted by atomic mass is 16.3. The maximum atomic E-state index is 9.02. The van der Waals surface area contributed by atoms with Gasteiger partial charge in [0.1, 0.15) is 11.5 Å². The predicted molar refractivity (Wildman–Crippen MR) is 79.7 cm³/mol. The van der Waals surface area contributed by atoms with Crippen LogP contribution in [-0.4, -0.2) is 10.2 Å². The lowest BCUT2D eigenvalue weighted by Crippen LogP contribution is -2.10. The van der Waals surface area contributed by atoms with Gasteiger partial charge in [0.05, 0.1) is 0 Å². The van der Waals surface area contributed by atoms with Crippen LogP contribution in [-0.2, 0) is 5.41 Å². The lowest BCUT2D eigenvalue weighted by Gasteiger charge is -2.18. The number of aryl methyl sites for hydroxylation is 1. The second kappa shape index (κ2) is 6.28. The van der Waals surface area contributed by atoms with E-state index in [9.17, 15) is 0 Å². The highest BCUT2D eigenvalue weighted by Gasteiger charge is 2.12. The summed E-state index contributed by atoms with van der Waals surface area (Å²) in [4.78, 5) is 0. The van der Waals surface area contributed by atoms with Gasteiger partial charge in [-0.05, 0) is 47.7 Å². The highest BCUT2D eigenvalue weighted by Crippen LogP contribution is 2.23. The Hall–Kier alpha value is -1.96. The summed E-state index contributed by atoms with van der Waals surface area (Å²) in [5, 5.41) is 17.8. The van der Waals surface area contributed by atoms with Crippen LogP contribution in [0.3, 0.4) is 0 Å². The molecule has 0 aliphatic rings. The Balaban J connectivity index is 0.000000200. The van der Waals surface area contributed by atoms with E-state index in [1.807, 2.05) is 31.2 Å². The second-order valence-corrected chi connectivity index (χ2v) is 5.64. The second-order valence-electron chi connectivity index (χ2n) is 5.64. The standard InChI is InChI=1S/C10H14O.C7H8O/c1-10(2,3)8-4-6-9(11)7-5-8;1-6-3-2-4-7(8)5-6/h4-7,11H,1-3H3;2-5,8H,1H3. The quantitative estimate of drug-likeness (QED) is 0.735. The molecule has 2 aromatic rings. The van der Waals surface area contributed by atoms with Crippen LogP contribution in [0.4, 0.5) is 0 Å². The normalized spacial score (nSPS) is 10.5. The fourth-order valence-electron chi connectivity index (χ4n) is 1.59. The molecule has 0 spiro atoms. The van der Waals surface area contributed by atoms with E-state index in [1.54, 1.807) is 24.3 Å². The van der Waals surface area contributed by atoms with Crippen molar-refractivity contribution in [2.75, 3.05) is 0 Å². The van der Waals surface area contributed by atoms with Gasteiger partial charge in [-0.25, -0.2) is 0 Å². The highest BCUT2D eigenvalue weighted by molar-refractivity contribution is 5.30. The molecule has 2 N–H and O–H groups in total. The van der Waals surface area contributed by atoms with Crippen LogP contribution in [0, 0.1) is 6.92 Å². The van der Waals surface area contributed by atoms with Crippen molar-refractivity contribution >= 4 is 0 Å². The third-order valence-corrected chi connectivity index (χ3v) is 2.73. The first kappa shape index (κ1) is 15.1. The molecule has 2 rings (SSSR count). The minimum absolute atomic E-state index is 0.174. The van der Waals surface area contributed by atoms with Gasteiger partial charge in [0.15, 0.2) is 0 Å². The van der Waals surface area contributed by atoms with Crippen molar-refractivity contribution in [1.82, 2.24) is 0 Å². The topological polar surface area (TPSA) is 40.5 Å². The van der Waals surface area contributed by atoms with Crippen molar-refractivity contribution in [1.29, 1.82) is 0 Å². The first-order chi connectivity index (χ1) is 8.79. The molecule has 0 amide bonds. The van der Waals surface area contributed by atoms with Gasteiger partial charge in [0.2, 0.25) is 0 Å². The van der Waals surface area contributed by atoms with E-state index in [2.05, 4.69) is 20.8 Å². The summed E-state index contributed by atoms with van der Waals surface area (Å²) >= 11 is 0. The van der Waals surface area contributed by atoms with Crippen LogP contribution in [0.5, 0.6) is 11.5 Å². The molecule has 2 heteroatoms. The Kier molecular flexibility index (Phi) is 4.99. The number of hydrogen-bond donors (Lipinski definition) is 2. The van der Waals surface area contributed by atoms with Crippen molar-refractivity contribution < 1.29 is 10.2 Å². The number of hydrogen-bond acceptors (Lipinski definition) is 2. The van der Waals surface area contributed by atoms with E-state index in [-0.39, 0.29) is 5.41 Å². The van der Waals surface area contributed by atoms with Gasteiger partial charge in [0.25, 0.3) is 0 Å². The van der Waals surface area contributed by atoms with E-state index in [0.717, 1.165) is 5.56 Å². The monoisotopic (exact) mass is 258 g/mol. The molecule has 0 unspecified atom stereocenters. The summed E-state index contributed by atoms with van der Waals surface area (Å²) in [5.74, 6) is 0.669. The smallest absolute Gasteiger partial charge is 0.115 e. The first-order valence-electron chi connectivity index (χ1n) is 6.34. The SMILES string of the molecule is CC(C)(C)c1ccc(O)cc1.Cc1cccc(O)c1. The summed E-state index contributed by atoms with van der Waals surface area (Å²) in [6, 6.07) is 14.5. The largest absolute Gasteiger partial charge is 0.508 e. The van der Waals surface area contributed by atoms with Crippen molar-refractivity contribution in [3.05, 3.63) is 59.7 Å². The number of benzene rings is 2. The summed E-state index contributed by atoms with van der Waals surface area (Å²) < 4.78 is 0. The number of phenolic OH excluding ortho intramolecular Hbond substituents is 2. The third-order valence-electron chi connectivity index (χ3n) is 2.73. The van der Waals surface area contributed by atoms with Crippen LogP contribution >= 0.6 is 0 Å². The zero-order chi connectivity index (χ0) is 14.5. The Morgan fingerprint density at radius 1 is 0.789 bits per heavy atom. The zero-order valence-electron chi connectivity index (χ0n) is 12.0. The van der Waals surface area contributed by atoms with E-state index in [0.29, 0.717) is 11.5 Å². The van der Waals surface area contributed by atoms with Crippen LogP contribution in [0.2, 0.25) is 0 Å². The molecule has 0 atom stereocenters. The molecule has 0 aliphatic heterocycles. The van der Waals surface area contributed by atoms with Gasteiger partial charge in [-0.15, -0.1) is 0 Å². The van der Waals surface area contributed by atoms with Crippen LogP contribution in [0.25, 0.3) is 0 Å². The van der Waals surface area contributed by atoms with Crippen molar-refractivity contribution in [3.8, 4) is 11.5 Å². The molecule has 0 saturated heterocycles. The molecule has 0 aliphatic carbocycles. The van der Waals surface area contributed by atoms with E-state index in [4.69, 9.17) is 10.2 Å². The van der Waals surface area contributed by atoms with Gasteiger partial charge in [-0.1, -0.05) is 45.0 Å². The van der Waals surface area contributed by atoms with E-state index >= 15 is 0 Å². The maximum absolute atomic E-state index is 9.02. The molecule has 0 saturated carbocycles. The molecular formula is C17H22O2. The van der Waals surface area contributed by atoms with Crippen LogP contribution in [0.1, 0.15) is 31.9 Å². The van der Waals surface area contributed by atoms with E-state index in [1.165, 1.54) is 5.56 Å². The molecule has 0 aromatic heterocycles.